The van der Waals surface area contributed by atoms with Crippen molar-refractivity contribution in [1.82, 2.24) is 5.32 Å². The number of nitrogens with one attached hydrogen (secondary N) is 1. The smallest absolute Gasteiger partial charge is 0.123 e. The molecule has 3 heteroatoms. The second kappa shape index (κ2) is 7.61. The zero-order valence-electron chi connectivity index (χ0n) is 11.7. The summed E-state index contributed by atoms with van der Waals surface area (Å²) in [4.78, 5) is 0. The summed E-state index contributed by atoms with van der Waals surface area (Å²) in [5, 5.41) is 3.48. The Morgan fingerprint density at radius 3 is 2.74 bits per heavy atom. The van der Waals surface area contributed by atoms with Crippen LogP contribution in [0.25, 0.3) is 0 Å². The molecule has 0 aliphatic heterocycles. The molecule has 19 heavy (non-hydrogen) atoms. The molecule has 0 amide bonds. The number of rotatable bonds is 9. The molecule has 1 fully saturated rings. The van der Waals surface area contributed by atoms with Crippen molar-refractivity contribution in [3.63, 3.8) is 0 Å². The quantitative estimate of drug-likeness (QED) is 0.692. The summed E-state index contributed by atoms with van der Waals surface area (Å²) in [5.74, 6) is 0.683. The lowest BCUT2D eigenvalue weighted by Gasteiger charge is -2.14. The fraction of sp³-hybridized carbons (Fsp3) is 0.625. The first kappa shape index (κ1) is 14.5. The van der Waals surface area contributed by atoms with Crippen LogP contribution in [0.3, 0.4) is 0 Å². The summed E-state index contributed by atoms with van der Waals surface area (Å²) in [6, 6.07) is 7.16. The van der Waals surface area contributed by atoms with Crippen LogP contribution >= 0.6 is 0 Å². The molecule has 1 atom stereocenters. The maximum absolute atomic E-state index is 12.8. The van der Waals surface area contributed by atoms with Gasteiger partial charge in [0.2, 0.25) is 0 Å². The molecule has 1 saturated carbocycles. The van der Waals surface area contributed by atoms with E-state index in [1.165, 1.54) is 30.5 Å². The highest BCUT2D eigenvalue weighted by Gasteiger charge is 2.20. The van der Waals surface area contributed by atoms with Crippen molar-refractivity contribution in [1.29, 1.82) is 0 Å². The van der Waals surface area contributed by atoms with E-state index in [0.29, 0.717) is 6.04 Å². The maximum Gasteiger partial charge on any atom is 0.123 e. The second-order valence-corrected chi connectivity index (χ2v) is 5.56. The Kier molecular flexibility index (Phi) is 5.80. The summed E-state index contributed by atoms with van der Waals surface area (Å²) in [7, 11) is 0. The van der Waals surface area contributed by atoms with Gasteiger partial charge in [-0.1, -0.05) is 12.1 Å². The Hall–Kier alpha value is -0.930. The van der Waals surface area contributed by atoms with Gasteiger partial charge in [0.25, 0.3) is 0 Å². The van der Waals surface area contributed by atoms with Crippen LogP contribution in [0.4, 0.5) is 4.39 Å². The Labute approximate surface area is 115 Å². The molecule has 0 heterocycles. The van der Waals surface area contributed by atoms with Gasteiger partial charge in [-0.25, -0.2) is 4.39 Å². The van der Waals surface area contributed by atoms with E-state index in [-0.39, 0.29) is 5.82 Å². The van der Waals surface area contributed by atoms with E-state index >= 15 is 0 Å². The first-order valence-electron chi connectivity index (χ1n) is 7.29. The summed E-state index contributed by atoms with van der Waals surface area (Å²) >= 11 is 0. The molecule has 1 aliphatic carbocycles. The third-order valence-electron chi connectivity index (χ3n) is 3.46. The Morgan fingerprint density at radius 2 is 2.05 bits per heavy atom. The molecule has 106 valence electrons. The third-order valence-corrected chi connectivity index (χ3v) is 3.46. The number of halogens is 1. The Morgan fingerprint density at radius 1 is 1.32 bits per heavy atom. The average Bonchev–Trinajstić information content (AvgIpc) is 3.20. The molecule has 0 aromatic heterocycles. The highest BCUT2D eigenvalue weighted by molar-refractivity contribution is 5.16. The SMILES string of the molecule is CC(Cc1ccc(F)cc1)NCCCOCC1CC1. The topological polar surface area (TPSA) is 21.3 Å². The lowest BCUT2D eigenvalue weighted by Crippen LogP contribution is -2.29. The second-order valence-electron chi connectivity index (χ2n) is 5.56. The lowest BCUT2D eigenvalue weighted by molar-refractivity contribution is 0.121. The highest BCUT2D eigenvalue weighted by atomic mass is 19.1. The fourth-order valence-electron chi connectivity index (χ4n) is 2.10. The van der Waals surface area contributed by atoms with E-state index < -0.39 is 0 Å². The Bertz CT molecular complexity index is 362. The van der Waals surface area contributed by atoms with E-state index in [1.54, 1.807) is 0 Å². The molecular weight excluding hydrogens is 241 g/mol. The largest absolute Gasteiger partial charge is 0.381 e. The summed E-state index contributed by atoms with van der Waals surface area (Å²) in [6.45, 7) is 4.94. The van der Waals surface area contributed by atoms with Gasteiger partial charge >= 0.3 is 0 Å². The van der Waals surface area contributed by atoms with Crippen LogP contribution in [0.2, 0.25) is 0 Å². The standard InChI is InChI=1S/C16H24FNO/c1-13(11-14-5-7-16(17)8-6-14)18-9-2-10-19-12-15-3-4-15/h5-8,13,15,18H,2-4,9-12H2,1H3. The molecule has 2 rings (SSSR count). The first-order valence-corrected chi connectivity index (χ1v) is 7.29. The van der Waals surface area contributed by atoms with Gasteiger partial charge in [0.1, 0.15) is 5.82 Å². The molecule has 0 bridgehead atoms. The molecule has 1 aromatic carbocycles. The molecule has 0 radical (unpaired) electrons. The van der Waals surface area contributed by atoms with Gasteiger partial charge < -0.3 is 10.1 Å². The van der Waals surface area contributed by atoms with Crippen LogP contribution < -0.4 is 5.32 Å². The van der Waals surface area contributed by atoms with Gasteiger partial charge in [0, 0.05) is 19.3 Å². The fourth-order valence-corrected chi connectivity index (χ4v) is 2.10. The summed E-state index contributed by atoms with van der Waals surface area (Å²) in [5.41, 5.74) is 1.17. The zero-order valence-corrected chi connectivity index (χ0v) is 11.7. The van der Waals surface area contributed by atoms with Crippen LogP contribution in [-0.4, -0.2) is 25.8 Å². The molecule has 0 spiro atoms. The zero-order chi connectivity index (χ0) is 13.5. The molecule has 1 N–H and O–H groups in total. The van der Waals surface area contributed by atoms with Gasteiger partial charge in [0.05, 0.1) is 0 Å². The van der Waals surface area contributed by atoms with E-state index in [4.69, 9.17) is 4.74 Å². The Balaban J connectivity index is 1.51. The van der Waals surface area contributed by atoms with Crippen molar-refractivity contribution in [2.24, 2.45) is 5.92 Å². The van der Waals surface area contributed by atoms with E-state index in [9.17, 15) is 4.39 Å². The minimum Gasteiger partial charge on any atom is -0.381 e. The van der Waals surface area contributed by atoms with E-state index in [0.717, 1.165) is 38.5 Å². The predicted octanol–water partition coefficient (Wildman–Crippen LogP) is 3.16. The monoisotopic (exact) mass is 265 g/mol. The average molecular weight is 265 g/mol. The van der Waals surface area contributed by atoms with E-state index in [2.05, 4.69) is 12.2 Å². The molecule has 1 aliphatic rings. The van der Waals surface area contributed by atoms with Crippen LogP contribution in [0.1, 0.15) is 31.7 Å². The van der Waals surface area contributed by atoms with Crippen LogP contribution in [0.5, 0.6) is 0 Å². The molecule has 0 saturated heterocycles. The minimum absolute atomic E-state index is 0.169. The van der Waals surface area contributed by atoms with Crippen molar-refractivity contribution in [2.75, 3.05) is 19.8 Å². The number of hydrogen-bond acceptors (Lipinski definition) is 2. The number of benzene rings is 1. The van der Waals surface area contributed by atoms with Gasteiger partial charge in [0.15, 0.2) is 0 Å². The van der Waals surface area contributed by atoms with Crippen LogP contribution in [0.15, 0.2) is 24.3 Å². The normalized spacial score (nSPS) is 16.5. The van der Waals surface area contributed by atoms with Crippen LogP contribution in [-0.2, 0) is 11.2 Å². The van der Waals surface area contributed by atoms with Gasteiger partial charge in [-0.05, 0) is 62.8 Å². The predicted molar refractivity (Wildman–Crippen MR) is 75.7 cm³/mol. The van der Waals surface area contributed by atoms with Crippen molar-refractivity contribution in [2.45, 2.75) is 38.6 Å². The van der Waals surface area contributed by atoms with Gasteiger partial charge in [-0.15, -0.1) is 0 Å². The molecule has 2 nitrogen and oxygen atoms in total. The summed E-state index contributed by atoms with van der Waals surface area (Å²) in [6.07, 6.45) is 4.70. The summed E-state index contributed by atoms with van der Waals surface area (Å²) < 4.78 is 18.4. The highest BCUT2D eigenvalue weighted by Crippen LogP contribution is 2.28. The van der Waals surface area contributed by atoms with Crippen molar-refractivity contribution < 1.29 is 9.13 Å². The molecular formula is C16H24FNO. The maximum atomic E-state index is 12.8. The van der Waals surface area contributed by atoms with Crippen molar-refractivity contribution >= 4 is 0 Å². The van der Waals surface area contributed by atoms with Crippen molar-refractivity contribution in [3.05, 3.63) is 35.6 Å². The molecule has 1 aromatic rings. The minimum atomic E-state index is -0.169. The van der Waals surface area contributed by atoms with E-state index in [1.807, 2.05) is 12.1 Å². The third kappa shape index (κ3) is 6.17. The number of ether oxygens (including phenoxy) is 1. The van der Waals surface area contributed by atoms with Gasteiger partial charge in [-0.3, -0.25) is 0 Å². The van der Waals surface area contributed by atoms with Crippen molar-refractivity contribution in [3.8, 4) is 0 Å². The lowest BCUT2D eigenvalue weighted by atomic mass is 10.1. The number of hydrogen-bond donors (Lipinski definition) is 1. The molecule has 1 unspecified atom stereocenters. The first-order chi connectivity index (χ1) is 9.24. The van der Waals surface area contributed by atoms with Gasteiger partial charge in [-0.2, -0.15) is 0 Å². The van der Waals surface area contributed by atoms with Crippen LogP contribution in [0, 0.1) is 11.7 Å².